The minimum Gasteiger partial charge on any atom is -0.478 e. The topological polar surface area (TPSA) is 55.1 Å². The van der Waals surface area contributed by atoms with Crippen LogP contribution < -0.4 is 0 Å². The molecular weight excluding hydrogens is 308 g/mol. The molecule has 19 heavy (non-hydrogen) atoms. The van der Waals surface area contributed by atoms with Crippen molar-refractivity contribution < 1.29 is 9.90 Å². The van der Waals surface area contributed by atoms with Crippen molar-refractivity contribution in [3.8, 4) is 5.69 Å². The number of carboxylic acids is 1. The fraction of sp³-hybridized carbons (Fsp3) is 0.286. The quantitative estimate of drug-likeness (QED) is 0.937. The molecule has 0 amide bonds. The van der Waals surface area contributed by atoms with Gasteiger partial charge in [0.05, 0.1) is 17.1 Å². The van der Waals surface area contributed by atoms with Crippen LogP contribution in [0.15, 0.2) is 28.7 Å². The molecule has 2 aromatic rings. The van der Waals surface area contributed by atoms with Gasteiger partial charge in [-0.25, -0.2) is 9.48 Å². The highest BCUT2D eigenvalue weighted by atomic mass is 79.9. The van der Waals surface area contributed by atoms with Crippen LogP contribution in [0.25, 0.3) is 5.69 Å². The zero-order chi connectivity index (χ0) is 14.0. The molecule has 0 saturated carbocycles. The minimum atomic E-state index is -0.910. The average molecular weight is 323 g/mol. The Kier molecular flexibility index (Phi) is 4.04. The minimum absolute atomic E-state index is 0.334. The summed E-state index contributed by atoms with van der Waals surface area (Å²) in [6.45, 7) is 3.86. The number of aromatic nitrogens is 2. The van der Waals surface area contributed by atoms with Gasteiger partial charge in [-0.05, 0) is 40.9 Å². The molecule has 0 bridgehead atoms. The van der Waals surface area contributed by atoms with Gasteiger partial charge in [-0.3, -0.25) is 0 Å². The van der Waals surface area contributed by atoms with E-state index in [1.807, 2.05) is 38.1 Å². The van der Waals surface area contributed by atoms with Crippen molar-refractivity contribution in [3.63, 3.8) is 0 Å². The Hall–Kier alpha value is -1.62. The van der Waals surface area contributed by atoms with Crippen LogP contribution >= 0.6 is 15.9 Å². The van der Waals surface area contributed by atoms with Crippen molar-refractivity contribution in [2.75, 3.05) is 0 Å². The number of benzene rings is 1. The lowest BCUT2D eigenvalue weighted by atomic mass is 10.1. The van der Waals surface area contributed by atoms with E-state index in [9.17, 15) is 9.90 Å². The van der Waals surface area contributed by atoms with Gasteiger partial charge in [-0.15, -0.1) is 0 Å². The molecule has 0 saturated heterocycles. The summed E-state index contributed by atoms with van der Waals surface area (Å²) in [7, 11) is 0. The lowest BCUT2D eigenvalue weighted by Gasteiger charge is -2.08. The van der Waals surface area contributed by atoms with Crippen molar-refractivity contribution in [2.45, 2.75) is 26.7 Å². The third-order valence-electron chi connectivity index (χ3n) is 3.02. The second kappa shape index (κ2) is 5.57. The Morgan fingerprint density at radius 2 is 2.00 bits per heavy atom. The lowest BCUT2D eigenvalue weighted by molar-refractivity contribution is 0.0694. The van der Waals surface area contributed by atoms with Crippen LogP contribution in [-0.4, -0.2) is 20.9 Å². The maximum absolute atomic E-state index is 11.4. The van der Waals surface area contributed by atoms with E-state index in [2.05, 4.69) is 21.0 Å². The van der Waals surface area contributed by atoms with Crippen molar-refractivity contribution in [1.82, 2.24) is 9.78 Å². The Labute approximate surface area is 120 Å². The van der Waals surface area contributed by atoms with Gasteiger partial charge in [0.2, 0.25) is 0 Å². The van der Waals surface area contributed by atoms with Crippen LogP contribution in [0.2, 0.25) is 0 Å². The molecule has 1 N–H and O–H groups in total. The summed E-state index contributed by atoms with van der Waals surface area (Å²) in [6.07, 6.45) is 1.22. The molecule has 1 aromatic heterocycles. The zero-order valence-corrected chi connectivity index (χ0v) is 12.4. The summed E-state index contributed by atoms with van der Waals surface area (Å²) < 4.78 is 2.62. The Morgan fingerprint density at radius 3 is 2.53 bits per heavy atom. The number of carbonyl (C=O) groups is 1. The molecule has 0 spiro atoms. The predicted octanol–water partition coefficient (Wildman–Crippen LogP) is 3.46. The van der Waals surface area contributed by atoms with E-state index in [1.165, 1.54) is 0 Å². The molecule has 0 aliphatic carbocycles. The number of halogens is 1. The first-order valence-electron chi connectivity index (χ1n) is 6.19. The molecule has 0 radical (unpaired) electrons. The molecule has 0 unspecified atom stereocenters. The number of hydrogen-bond acceptors (Lipinski definition) is 2. The summed E-state index contributed by atoms with van der Waals surface area (Å²) in [5.41, 5.74) is 2.55. The summed E-state index contributed by atoms with van der Waals surface area (Å²) in [4.78, 5) is 11.4. The number of hydrogen-bond donors (Lipinski definition) is 1. The molecule has 0 fully saturated rings. The highest BCUT2D eigenvalue weighted by Crippen LogP contribution is 2.25. The number of aromatic carboxylic acids is 1. The Balaban J connectivity index is 2.71. The number of aryl methyl sites for hydroxylation is 1. The SMILES string of the molecule is CCc1nn(-c2ccccc2Br)c(CC)c1C(=O)O. The Morgan fingerprint density at radius 1 is 1.32 bits per heavy atom. The normalized spacial score (nSPS) is 10.7. The summed E-state index contributed by atoms with van der Waals surface area (Å²) in [6, 6.07) is 7.67. The first-order valence-corrected chi connectivity index (χ1v) is 6.98. The van der Waals surface area contributed by atoms with Crippen LogP contribution in [0, 0.1) is 0 Å². The molecule has 100 valence electrons. The maximum Gasteiger partial charge on any atom is 0.339 e. The van der Waals surface area contributed by atoms with Crippen molar-refractivity contribution in [3.05, 3.63) is 45.7 Å². The van der Waals surface area contributed by atoms with E-state index in [1.54, 1.807) is 4.68 Å². The van der Waals surface area contributed by atoms with E-state index in [0.717, 1.165) is 15.9 Å². The van der Waals surface area contributed by atoms with Gasteiger partial charge < -0.3 is 5.11 Å². The molecule has 1 heterocycles. The van der Waals surface area contributed by atoms with Crippen LogP contribution in [0.5, 0.6) is 0 Å². The molecule has 1 aromatic carbocycles. The fourth-order valence-electron chi connectivity index (χ4n) is 2.15. The fourth-order valence-corrected chi connectivity index (χ4v) is 2.60. The number of para-hydroxylation sites is 1. The third kappa shape index (κ3) is 2.42. The van der Waals surface area contributed by atoms with Crippen LogP contribution in [0.4, 0.5) is 0 Å². The van der Waals surface area contributed by atoms with E-state index in [-0.39, 0.29) is 0 Å². The van der Waals surface area contributed by atoms with E-state index in [4.69, 9.17) is 0 Å². The van der Waals surface area contributed by atoms with Crippen molar-refractivity contribution >= 4 is 21.9 Å². The van der Waals surface area contributed by atoms with Gasteiger partial charge in [0.1, 0.15) is 5.56 Å². The summed E-state index contributed by atoms with van der Waals surface area (Å²) in [5, 5.41) is 13.8. The van der Waals surface area contributed by atoms with Crippen LogP contribution in [0.3, 0.4) is 0 Å². The molecule has 0 aliphatic heterocycles. The predicted molar refractivity (Wildman–Crippen MR) is 77.0 cm³/mol. The molecule has 0 aliphatic rings. The number of carboxylic acid groups (broad SMARTS) is 1. The van der Waals surface area contributed by atoms with E-state index < -0.39 is 5.97 Å². The smallest absolute Gasteiger partial charge is 0.339 e. The lowest BCUT2D eigenvalue weighted by Crippen LogP contribution is -2.06. The van der Waals surface area contributed by atoms with Crippen molar-refractivity contribution in [2.24, 2.45) is 0 Å². The average Bonchev–Trinajstić information content (AvgIpc) is 2.77. The second-order valence-electron chi connectivity index (χ2n) is 4.14. The first-order chi connectivity index (χ1) is 9.10. The van der Waals surface area contributed by atoms with Crippen molar-refractivity contribution in [1.29, 1.82) is 0 Å². The standard InChI is InChI=1S/C14H15BrN2O2/c1-3-10-13(14(18)19)11(4-2)17(16-10)12-8-6-5-7-9(12)15/h5-8H,3-4H2,1-2H3,(H,18,19). The van der Waals surface area contributed by atoms with Gasteiger partial charge in [0.25, 0.3) is 0 Å². The molecular formula is C14H15BrN2O2. The molecule has 2 rings (SSSR count). The summed E-state index contributed by atoms with van der Waals surface area (Å²) in [5.74, 6) is -0.910. The monoisotopic (exact) mass is 322 g/mol. The van der Waals surface area contributed by atoms with Crippen LogP contribution in [-0.2, 0) is 12.8 Å². The molecule has 0 atom stereocenters. The van der Waals surface area contributed by atoms with E-state index >= 15 is 0 Å². The molecule has 5 heteroatoms. The highest BCUT2D eigenvalue weighted by molar-refractivity contribution is 9.10. The number of rotatable bonds is 4. The Bertz CT molecular complexity index is 620. The second-order valence-corrected chi connectivity index (χ2v) is 5.00. The van der Waals surface area contributed by atoms with Gasteiger partial charge in [0, 0.05) is 4.47 Å². The number of nitrogens with zero attached hydrogens (tertiary/aromatic N) is 2. The third-order valence-corrected chi connectivity index (χ3v) is 3.69. The zero-order valence-electron chi connectivity index (χ0n) is 10.9. The van der Waals surface area contributed by atoms with E-state index in [0.29, 0.717) is 24.1 Å². The maximum atomic E-state index is 11.4. The van der Waals surface area contributed by atoms with Gasteiger partial charge >= 0.3 is 5.97 Å². The van der Waals surface area contributed by atoms with Gasteiger partial charge in [-0.1, -0.05) is 26.0 Å². The first kappa shape index (κ1) is 13.8. The highest BCUT2D eigenvalue weighted by Gasteiger charge is 2.22. The largest absolute Gasteiger partial charge is 0.478 e. The summed E-state index contributed by atoms with van der Waals surface area (Å²) >= 11 is 3.48. The van der Waals surface area contributed by atoms with Gasteiger partial charge in [0.15, 0.2) is 0 Å². The van der Waals surface area contributed by atoms with Crippen LogP contribution in [0.1, 0.15) is 35.6 Å². The van der Waals surface area contributed by atoms with Gasteiger partial charge in [-0.2, -0.15) is 5.10 Å². The molecule has 4 nitrogen and oxygen atoms in total.